The molecule has 0 unspecified atom stereocenters. The van der Waals surface area contributed by atoms with Gasteiger partial charge in [-0.15, -0.1) is 0 Å². The van der Waals surface area contributed by atoms with Crippen LogP contribution in [-0.2, 0) is 6.42 Å². The lowest BCUT2D eigenvalue weighted by molar-refractivity contribution is 0.141. The Morgan fingerprint density at radius 3 is 2.73 bits per heavy atom. The first-order valence-corrected chi connectivity index (χ1v) is 12.2. The zero-order valence-electron chi connectivity index (χ0n) is 19.7. The summed E-state index contributed by atoms with van der Waals surface area (Å²) in [6, 6.07) is 8.79. The number of allylic oxidation sites excluding steroid dienone is 3. The molecule has 1 fully saturated rings. The molecule has 0 radical (unpaired) electrons. The summed E-state index contributed by atoms with van der Waals surface area (Å²) in [5, 5.41) is 14.2. The molecule has 0 bridgehead atoms. The fourth-order valence-corrected chi connectivity index (χ4v) is 5.28. The van der Waals surface area contributed by atoms with Crippen molar-refractivity contribution in [1.29, 1.82) is 0 Å². The summed E-state index contributed by atoms with van der Waals surface area (Å²) in [7, 11) is 0. The maximum Gasteiger partial charge on any atom is 0.0611 e. The van der Waals surface area contributed by atoms with E-state index in [4.69, 9.17) is 0 Å². The highest BCUT2D eigenvalue weighted by atomic mass is 16.3. The number of unbranched alkanes of at least 4 members (excludes halogenated alkanes) is 2. The van der Waals surface area contributed by atoms with Gasteiger partial charge in [0.05, 0.1) is 6.10 Å². The largest absolute Gasteiger partial charge is 0.392 e. The zero-order valence-corrected chi connectivity index (χ0v) is 19.7. The zero-order chi connectivity index (χ0) is 21.6. The fourth-order valence-electron chi connectivity index (χ4n) is 5.28. The first kappa shape index (κ1) is 23.3. The van der Waals surface area contributed by atoms with Crippen LogP contribution >= 0.6 is 0 Å². The number of aliphatic hydroxyl groups is 1. The van der Waals surface area contributed by atoms with E-state index in [9.17, 15) is 5.11 Å². The van der Waals surface area contributed by atoms with Crippen LogP contribution in [0.4, 0.5) is 0 Å². The van der Waals surface area contributed by atoms with Gasteiger partial charge in [0.2, 0.25) is 0 Å². The molecule has 2 nitrogen and oxygen atoms in total. The van der Waals surface area contributed by atoms with Crippen molar-refractivity contribution in [2.45, 2.75) is 90.7 Å². The van der Waals surface area contributed by atoms with E-state index in [1.807, 2.05) is 0 Å². The quantitative estimate of drug-likeness (QED) is 0.347. The number of hydrogen-bond acceptors (Lipinski definition) is 2. The number of rotatable bonds is 10. The third kappa shape index (κ3) is 7.10. The monoisotopic (exact) mass is 409 g/mol. The van der Waals surface area contributed by atoms with Crippen LogP contribution in [0.25, 0.3) is 0 Å². The topological polar surface area (TPSA) is 32.3 Å². The number of aliphatic hydroxyl groups excluding tert-OH is 1. The fraction of sp³-hybridized carbons (Fsp3) is 0.643. The van der Waals surface area contributed by atoms with Crippen LogP contribution in [0.2, 0.25) is 0 Å². The number of aryl methyl sites for hydroxylation is 2. The molecule has 30 heavy (non-hydrogen) atoms. The van der Waals surface area contributed by atoms with Crippen LogP contribution in [0.5, 0.6) is 0 Å². The second kappa shape index (κ2) is 10.8. The first-order valence-electron chi connectivity index (χ1n) is 12.2. The molecule has 0 aromatic heterocycles. The summed E-state index contributed by atoms with van der Waals surface area (Å²) in [4.78, 5) is 0. The third-order valence-electron chi connectivity index (χ3n) is 6.82. The minimum atomic E-state index is -0.156. The van der Waals surface area contributed by atoms with Crippen molar-refractivity contribution in [1.82, 2.24) is 5.32 Å². The van der Waals surface area contributed by atoms with Crippen molar-refractivity contribution in [3.8, 4) is 0 Å². The van der Waals surface area contributed by atoms with Crippen LogP contribution in [0.15, 0.2) is 48.1 Å². The Morgan fingerprint density at radius 1 is 1.13 bits per heavy atom. The highest BCUT2D eigenvalue weighted by Gasteiger charge is 2.42. The molecule has 2 N–H and O–H groups in total. The molecule has 2 aliphatic rings. The van der Waals surface area contributed by atoms with E-state index in [2.05, 4.69) is 75.5 Å². The second-order valence-corrected chi connectivity index (χ2v) is 10.7. The Labute approximate surface area is 184 Å². The molecule has 2 heteroatoms. The van der Waals surface area contributed by atoms with Crippen molar-refractivity contribution in [3.63, 3.8) is 0 Å². The van der Waals surface area contributed by atoms with Gasteiger partial charge in [-0.25, -0.2) is 0 Å². The standard InChI is InChI=1S/C28H43NO/c1-21-11-10-14-22(17-21)12-7-8-15-25-26-19-23(18-24(26)20-27(25)30)13-6-5-9-16-29-28(2,3)4/h8,10-11,14-15,17-18,24-27,29-30H,5-7,9,12-13,16,19-20H2,1-4H3/t24-,25+,26-,27+/m0/s1. The van der Waals surface area contributed by atoms with Gasteiger partial charge in [0.25, 0.3) is 0 Å². The molecule has 2 aliphatic carbocycles. The number of hydrogen-bond donors (Lipinski definition) is 2. The summed E-state index contributed by atoms with van der Waals surface area (Å²) < 4.78 is 0. The summed E-state index contributed by atoms with van der Waals surface area (Å²) in [6.07, 6.45) is 16.4. The van der Waals surface area contributed by atoms with Gasteiger partial charge >= 0.3 is 0 Å². The lowest BCUT2D eigenvalue weighted by Crippen LogP contribution is -2.36. The maximum atomic E-state index is 10.6. The molecule has 1 aromatic rings. The van der Waals surface area contributed by atoms with Crippen molar-refractivity contribution >= 4 is 0 Å². The van der Waals surface area contributed by atoms with Crippen LogP contribution < -0.4 is 5.32 Å². The van der Waals surface area contributed by atoms with E-state index in [0.29, 0.717) is 17.8 Å². The number of fused-ring (bicyclic) bond motifs is 1. The smallest absolute Gasteiger partial charge is 0.0611 e. The molecule has 166 valence electrons. The van der Waals surface area contributed by atoms with Crippen LogP contribution in [-0.4, -0.2) is 23.3 Å². The maximum absolute atomic E-state index is 10.6. The third-order valence-corrected chi connectivity index (χ3v) is 6.82. The van der Waals surface area contributed by atoms with E-state index >= 15 is 0 Å². The van der Waals surface area contributed by atoms with Crippen LogP contribution in [0.3, 0.4) is 0 Å². The number of nitrogens with one attached hydrogen (secondary N) is 1. The van der Waals surface area contributed by atoms with Gasteiger partial charge < -0.3 is 10.4 Å². The highest BCUT2D eigenvalue weighted by molar-refractivity contribution is 5.23. The highest BCUT2D eigenvalue weighted by Crippen LogP contribution is 2.48. The molecule has 1 saturated carbocycles. The van der Waals surface area contributed by atoms with E-state index in [0.717, 1.165) is 25.8 Å². The molecule has 0 amide bonds. The molecule has 3 rings (SSSR count). The molecule has 0 saturated heterocycles. The van der Waals surface area contributed by atoms with Gasteiger partial charge in [-0.1, -0.05) is 60.1 Å². The lowest BCUT2D eigenvalue weighted by atomic mass is 9.88. The molecule has 4 atom stereocenters. The van der Waals surface area contributed by atoms with Gasteiger partial charge in [-0.2, -0.15) is 0 Å². The lowest BCUT2D eigenvalue weighted by Gasteiger charge is -2.20. The summed E-state index contributed by atoms with van der Waals surface area (Å²) in [5.74, 6) is 1.58. The number of benzene rings is 1. The molecular weight excluding hydrogens is 366 g/mol. The minimum absolute atomic E-state index is 0.156. The minimum Gasteiger partial charge on any atom is -0.392 e. The average Bonchev–Trinajstić information content (AvgIpc) is 3.18. The first-order chi connectivity index (χ1) is 14.3. The van der Waals surface area contributed by atoms with Gasteiger partial charge in [-0.3, -0.25) is 0 Å². The van der Waals surface area contributed by atoms with Gasteiger partial charge in [0.1, 0.15) is 0 Å². The summed E-state index contributed by atoms with van der Waals surface area (Å²) in [6.45, 7) is 9.97. The average molecular weight is 410 g/mol. The molecule has 0 spiro atoms. The second-order valence-electron chi connectivity index (χ2n) is 10.7. The Hall–Kier alpha value is -1.38. The summed E-state index contributed by atoms with van der Waals surface area (Å²) >= 11 is 0. The molecule has 0 heterocycles. The van der Waals surface area contributed by atoms with Crippen molar-refractivity contribution in [2.75, 3.05) is 6.54 Å². The van der Waals surface area contributed by atoms with Gasteiger partial charge in [0, 0.05) is 11.5 Å². The Kier molecular flexibility index (Phi) is 8.36. The van der Waals surface area contributed by atoms with Gasteiger partial charge in [-0.05, 0) is 96.6 Å². The molecule has 1 aromatic carbocycles. The van der Waals surface area contributed by atoms with Crippen LogP contribution in [0.1, 0.15) is 76.8 Å². The Balaban J connectivity index is 1.38. The Bertz CT molecular complexity index is 726. The van der Waals surface area contributed by atoms with E-state index in [1.54, 1.807) is 5.57 Å². The van der Waals surface area contributed by atoms with E-state index < -0.39 is 0 Å². The van der Waals surface area contributed by atoms with E-state index in [-0.39, 0.29) is 11.6 Å². The van der Waals surface area contributed by atoms with Crippen LogP contribution in [0, 0.1) is 24.7 Å². The van der Waals surface area contributed by atoms with Crippen molar-refractivity contribution in [3.05, 3.63) is 59.2 Å². The Morgan fingerprint density at radius 2 is 1.97 bits per heavy atom. The predicted molar refractivity (Wildman–Crippen MR) is 129 cm³/mol. The van der Waals surface area contributed by atoms with Crippen molar-refractivity contribution in [2.24, 2.45) is 17.8 Å². The van der Waals surface area contributed by atoms with Gasteiger partial charge in [0.15, 0.2) is 0 Å². The predicted octanol–water partition coefficient (Wildman–Crippen LogP) is 6.38. The molecule has 0 aliphatic heterocycles. The van der Waals surface area contributed by atoms with E-state index in [1.165, 1.54) is 43.2 Å². The molecular formula is C28H43NO. The normalized spacial score (nSPS) is 26.4. The summed E-state index contributed by atoms with van der Waals surface area (Å²) in [5.41, 5.74) is 4.63. The SMILES string of the molecule is Cc1cccc(CCC=C[C@@H]2[C@H]3CC(CCCCCNC(C)(C)C)=C[C@H]3C[C@H]2O)c1. The van der Waals surface area contributed by atoms with Crippen molar-refractivity contribution < 1.29 is 5.11 Å².